The van der Waals surface area contributed by atoms with Crippen molar-refractivity contribution in [3.63, 3.8) is 0 Å². The molecule has 3 rings (SSSR count). The predicted octanol–water partition coefficient (Wildman–Crippen LogP) is -0.717. The van der Waals surface area contributed by atoms with Crippen molar-refractivity contribution >= 4 is 23.5 Å². The van der Waals surface area contributed by atoms with Crippen LogP contribution in [-0.2, 0) is 25.6 Å². The quantitative estimate of drug-likeness (QED) is 0.614. The molecule has 2 heterocycles. The van der Waals surface area contributed by atoms with Crippen LogP contribution in [0.4, 0.5) is 0 Å². The van der Waals surface area contributed by atoms with E-state index in [1.54, 1.807) is 6.20 Å². The lowest BCUT2D eigenvalue weighted by Crippen LogP contribution is -2.54. The van der Waals surface area contributed by atoms with Gasteiger partial charge < -0.3 is 20.9 Å². The van der Waals surface area contributed by atoms with Crippen LogP contribution >= 0.6 is 0 Å². The smallest absolute Gasteiger partial charge is 0.246 e. The van der Waals surface area contributed by atoms with Crippen molar-refractivity contribution < 1.29 is 19.2 Å². The molecule has 4 N–H and O–H groups in total. The number of nitrogens with zero attached hydrogens (tertiary/aromatic N) is 2. The Hall–Kier alpha value is -2.71. The van der Waals surface area contributed by atoms with Crippen LogP contribution in [0.25, 0.3) is 0 Å². The Bertz CT molecular complexity index is 702. The molecule has 0 spiro atoms. The third-order valence-corrected chi connectivity index (χ3v) is 5.07. The van der Waals surface area contributed by atoms with Gasteiger partial charge in [-0.2, -0.15) is 0 Å². The fraction of sp³-hybridized carbons (Fsp3) is 0.588. The highest BCUT2D eigenvalue weighted by Crippen LogP contribution is 2.23. The van der Waals surface area contributed by atoms with Gasteiger partial charge in [0.1, 0.15) is 17.9 Å². The van der Waals surface area contributed by atoms with Crippen LogP contribution in [0.5, 0.6) is 0 Å². The fourth-order valence-corrected chi connectivity index (χ4v) is 3.67. The molecule has 3 atom stereocenters. The molecule has 3 amide bonds. The molecule has 2 aliphatic rings. The lowest BCUT2D eigenvalue weighted by molar-refractivity contribution is -0.141. The first-order valence-corrected chi connectivity index (χ1v) is 8.85. The van der Waals surface area contributed by atoms with Crippen LogP contribution in [0.3, 0.4) is 0 Å². The Morgan fingerprint density at radius 3 is 2.81 bits per heavy atom. The van der Waals surface area contributed by atoms with Gasteiger partial charge in [0.15, 0.2) is 0 Å². The largest absolute Gasteiger partial charge is 0.368 e. The number of rotatable bonds is 6. The number of ketones is 1. The number of hydrogen-bond donors (Lipinski definition) is 3. The minimum atomic E-state index is -0.835. The monoisotopic (exact) mass is 361 g/mol. The molecule has 9 heteroatoms. The number of primary amides is 1. The first-order valence-electron chi connectivity index (χ1n) is 8.85. The zero-order chi connectivity index (χ0) is 18.7. The summed E-state index contributed by atoms with van der Waals surface area (Å²) in [5.74, 6) is -1.51. The molecular formula is C17H23N5O4. The van der Waals surface area contributed by atoms with E-state index in [1.807, 2.05) is 0 Å². The molecule has 0 aromatic carbocycles. The van der Waals surface area contributed by atoms with Crippen molar-refractivity contribution in [2.45, 2.75) is 50.6 Å². The topological polar surface area (TPSA) is 138 Å². The first-order chi connectivity index (χ1) is 12.5. The molecular weight excluding hydrogens is 338 g/mol. The molecule has 140 valence electrons. The molecule has 26 heavy (non-hydrogen) atoms. The Morgan fingerprint density at radius 2 is 2.19 bits per heavy atom. The van der Waals surface area contributed by atoms with Crippen molar-refractivity contribution in [3.8, 4) is 0 Å². The molecule has 0 bridgehead atoms. The minimum absolute atomic E-state index is 0.0647. The van der Waals surface area contributed by atoms with Gasteiger partial charge in [0, 0.05) is 43.6 Å². The van der Waals surface area contributed by atoms with E-state index in [9.17, 15) is 19.2 Å². The van der Waals surface area contributed by atoms with Crippen molar-refractivity contribution in [3.05, 3.63) is 18.2 Å². The average molecular weight is 361 g/mol. The van der Waals surface area contributed by atoms with Gasteiger partial charge in [0.25, 0.3) is 0 Å². The van der Waals surface area contributed by atoms with Crippen molar-refractivity contribution in [2.24, 2.45) is 11.7 Å². The number of aromatic nitrogens is 2. The van der Waals surface area contributed by atoms with E-state index in [2.05, 4.69) is 15.3 Å². The first kappa shape index (κ1) is 18.1. The SMILES string of the molecule is NC(=O)[C@@H]1CCCN1C(=O)[C@H](Cc1cnc[nH]1)NC(=O)C1CCC(=O)C1. The van der Waals surface area contributed by atoms with Crippen LogP contribution < -0.4 is 11.1 Å². The summed E-state index contributed by atoms with van der Waals surface area (Å²) in [4.78, 5) is 56.9. The lowest BCUT2D eigenvalue weighted by Gasteiger charge is -2.28. The third-order valence-electron chi connectivity index (χ3n) is 5.07. The number of likely N-dealkylation sites (tertiary alicyclic amines) is 1. The van der Waals surface area contributed by atoms with Crippen LogP contribution in [0.1, 0.15) is 37.8 Å². The molecule has 1 unspecified atom stereocenters. The van der Waals surface area contributed by atoms with Crippen LogP contribution in [-0.4, -0.2) is 57.0 Å². The number of amides is 3. The Labute approximate surface area is 150 Å². The maximum atomic E-state index is 13.0. The summed E-state index contributed by atoms with van der Waals surface area (Å²) in [5.41, 5.74) is 6.10. The van der Waals surface area contributed by atoms with Gasteiger partial charge in [-0.25, -0.2) is 4.98 Å². The number of carbonyl (C=O) groups is 4. The lowest BCUT2D eigenvalue weighted by atomic mass is 10.0. The number of imidazole rings is 1. The predicted molar refractivity (Wildman–Crippen MR) is 90.5 cm³/mol. The van der Waals surface area contributed by atoms with Gasteiger partial charge >= 0.3 is 0 Å². The molecule has 1 saturated heterocycles. The van der Waals surface area contributed by atoms with Crippen LogP contribution in [0, 0.1) is 5.92 Å². The van der Waals surface area contributed by atoms with Crippen molar-refractivity contribution in [2.75, 3.05) is 6.54 Å². The molecule has 1 aliphatic carbocycles. The molecule has 1 aromatic rings. The van der Waals surface area contributed by atoms with Gasteiger partial charge in [-0.15, -0.1) is 0 Å². The maximum Gasteiger partial charge on any atom is 0.246 e. The molecule has 1 aliphatic heterocycles. The summed E-state index contributed by atoms with van der Waals surface area (Å²) >= 11 is 0. The van der Waals surface area contributed by atoms with Crippen molar-refractivity contribution in [1.82, 2.24) is 20.2 Å². The Morgan fingerprint density at radius 1 is 1.38 bits per heavy atom. The number of nitrogens with one attached hydrogen (secondary N) is 2. The summed E-state index contributed by atoms with van der Waals surface area (Å²) < 4.78 is 0. The number of H-pyrrole nitrogens is 1. The second-order valence-electron chi connectivity index (χ2n) is 6.91. The molecule has 9 nitrogen and oxygen atoms in total. The highest BCUT2D eigenvalue weighted by atomic mass is 16.2. The number of carbonyl (C=O) groups excluding carboxylic acids is 4. The van der Waals surface area contributed by atoms with E-state index in [0.717, 1.165) is 0 Å². The molecule has 2 fully saturated rings. The van der Waals surface area contributed by atoms with E-state index in [4.69, 9.17) is 5.73 Å². The minimum Gasteiger partial charge on any atom is -0.368 e. The number of hydrogen-bond acceptors (Lipinski definition) is 5. The van der Waals surface area contributed by atoms with E-state index >= 15 is 0 Å². The number of aromatic amines is 1. The summed E-state index contributed by atoms with van der Waals surface area (Å²) in [7, 11) is 0. The van der Waals surface area contributed by atoms with Crippen molar-refractivity contribution in [1.29, 1.82) is 0 Å². The van der Waals surface area contributed by atoms with E-state index in [1.165, 1.54) is 11.2 Å². The van der Waals surface area contributed by atoms with Crippen LogP contribution in [0.2, 0.25) is 0 Å². The zero-order valence-electron chi connectivity index (χ0n) is 14.4. The van der Waals surface area contributed by atoms with Gasteiger partial charge in [-0.3, -0.25) is 19.2 Å². The summed E-state index contributed by atoms with van der Waals surface area (Å²) in [6.45, 7) is 0.434. The number of nitrogens with two attached hydrogens (primary N) is 1. The van der Waals surface area contributed by atoms with E-state index < -0.39 is 23.9 Å². The van der Waals surface area contributed by atoms with E-state index in [-0.39, 0.29) is 30.4 Å². The molecule has 1 saturated carbocycles. The van der Waals surface area contributed by atoms with Gasteiger partial charge in [-0.05, 0) is 19.3 Å². The summed E-state index contributed by atoms with van der Waals surface area (Å²) in [6.07, 6.45) is 5.65. The fourth-order valence-electron chi connectivity index (χ4n) is 3.67. The van der Waals surface area contributed by atoms with E-state index in [0.29, 0.717) is 37.9 Å². The number of Topliss-reactive ketones (excluding diaryl/α,β-unsaturated/α-hetero) is 1. The standard InChI is InChI=1S/C17H23N5O4/c18-15(24)14-2-1-5-22(14)17(26)13(7-11-8-19-9-20-11)21-16(25)10-3-4-12(23)6-10/h8-10,13-14H,1-7H2,(H2,18,24)(H,19,20)(H,21,25)/t10?,13-,14-/m0/s1. The molecule has 0 radical (unpaired) electrons. The molecule has 1 aromatic heterocycles. The normalized spacial score (nSPS) is 23.8. The summed E-state index contributed by atoms with van der Waals surface area (Å²) in [6, 6.07) is -1.48. The Balaban J connectivity index is 1.74. The van der Waals surface area contributed by atoms with Gasteiger partial charge in [0.2, 0.25) is 17.7 Å². The van der Waals surface area contributed by atoms with Gasteiger partial charge in [0.05, 0.1) is 6.33 Å². The second kappa shape index (κ2) is 7.67. The average Bonchev–Trinajstić information content (AvgIpc) is 3.34. The highest BCUT2D eigenvalue weighted by molar-refractivity contribution is 5.94. The Kier molecular flexibility index (Phi) is 5.34. The maximum absolute atomic E-state index is 13.0. The van der Waals surface area contributed by atoms with Crippen LogP contribution in [0.15, 0.2) is 12.5 Å². The zero-order valence-corrected chi connectivity index (χ0v) is 14.4. The highest BCUT2D eigenvalue weighted by Gasteiger charge is 2.38. The third kappa shape index (κ3) is 3.92. The summed E-state index contributed by atoms with van der Waals surface area (Å²) in [5, 5.41) is 2.77. The second-order valence-corrected chi connectivity index (χ2v) is 6.91. The van der Waals surface area contributed by atoms with Gasteiger partial charge in [-0.1, -0.05) is 0 Å².